The van der Waals surface area contributed by atoms with E-state index in [1.165, 1.54) is 77.0 Å². The highest BCUT2D eigenvalue weighted by Gasteiger charge is 2.53. The molecule has 2 unspecified atom stereocenters. The summed E-state index contributed by atoms with van der Waals surface area (Å²) in [6, 6.07) is 0. The molecule has 164 valence electrons. The molecule has 0 heterocycles. The molecule has 0 spiro atoms. The first kappa shape index (κ1) is 21.7. The van der Waals surface area contributed by atoms with Crippen molar-refractivity contribution in [3.8, 4) is 0 Å². The van der Waals surface area contributed by atoms with E-state index in [4.69, 9.17) is 0 Å². The standard InChI is InChI=1S/C29H48/c1-7-22-12-9-18-28(5)25(22)14-13-23-26-16-15-24(21(4)11-8-10-20(2)3)29(26,6)19-17-27(23)28/h16,20-22,24-25H,7-15,17-19H2,1-6H3/t21-,22?,24-,25?,28+,29-/m1/s1. The molecule has 4 aliphatic carbocycles. The number of hydrogen-bond donors (Lipinski definition) is 0. The first-order chi connectivity index (χ1) is 13.8. The predicted octanol–water partition coefficient (Wildman–Crippen LogP) is 9.12. The fraction of sp³-hybridized carbons (Fsp3) is 0.862. The smallest absolute Gasteiger partial charge is 0.00389 e. The summed E-state index contributed by atoms with van der Waals surface area (Å²) in [5.41, 5.74) is 6.63. The van der Waals surface area contributed by atoms with Crippen molar-refractivity contribution in [1.29, 1.82) is 0 Å². The van der Waals surface area contributed by atoms with E-state index in [0.29, 0.717) is 10.8 Å². The van der Waals surface area contributed by atoms with Crippen LogP contribution in [0.25, 0.3) is 0 Å². The first-order valence-electron chi connectivity index (χ1n) is 13.2. The van der Waals surface area contributed by atoms with Crippen molar-refractivity contribution in [2.45, 2.75) is 119 Å². The summed E-state index contributed by atoms with van der Waals surface area (Å²) >= 11 is 0. The molecule has 6 atom stereocenters. The minimum Gasteiger partial charge on any atom is -0.0802 e. The van der Waals surface area contributed by atoms with Gasteiger partial charge in [-0.05, 0) is 90.1 Å². The van der Waals surface area contributed by atoms with Crippen LogP contribution >= 0.6 is 0 Å². The van der Waals surface area contributed by atoms with Gasteiger partial charge in [0.15, 0.2) is 0 Å². The fourth-order valence-electron chi connectivity index (χ4n) is 8.60. The van der Waals surface area contributed by atoms with Gasteiger partial charge in [-0.1, -0.05) is 91.7 Å². The second-order valence-corrected chi connectivity index (χ2v) is 12.3. The minimum absolute atomic E-state index is 0.470. The van der Waals surface area contributed by atoms with Gasteiger partial charge in [0.1, 0.15) is 0 Å². The zero-order valence-corrected chi connectivity index (χ0v) is 20.4. The third-order valence-electron chi connectivity index (χ3n) is 10.3. The molecule has 29 heavy (non-hydrogen) atoms. The summed E-state index contributed by atoms with van der Waals surface area (Å²) < 4.78 is 0. The zero-order chi connectivity index (χ0) is 20.8. The Labute approximate surface area is 182 Å². The molecular formula is C29H48. The third kappa shape index (κ3) is 3.59. The second-order valence-electron chi connectivity index (χ2n) is 12.3. The molecule has 0 radical (unpaired) electrons. The molecule has 1 fully saturated rings. The van der Waals surface area contributed by atoms with Crippen molar-refractivity contribution in [2.75, 3.05) is 0 Å². The summed E-state index contributed by atoms with van der Waals surface area (Å²) in [4.78, 5) is 0. The molecule has 1 saturated carbocycles. The van der Waals surface area contributed by atoms with E-state index in [9.17, 15) is 0 Å². The van der Waals surface area contributed by atoms with Crippen molar-refractivity contribution in [3.63, 3.8) is 0 Å². The van der Waals surface area contributed by atoms with Crippen LogP contribution in [0.4, 0.5) is 0 Å². The highest BCUT2D eigenvalue weighted by atomic mass is 14.6. The molecule has 0 aromatic rings. The Balaban J connectivity index is 1.56. The summed E-state index contributed by atoms with van der Waals surface area (Å²) in [7, 11) is 0. The maximum atomic E-state index is 2.72. The van der Waals surface area contributed by atoms with Crippen molar-refractivity contribution >= 4 is 0 Å². The van der Waals surface area contributed by atoms with Gasteiger partial charge < -0.3 is 0 Å². The summed E-state index contributed by atoms with van der Waals surface area (Å²) in [6.07, 6.45) is 19.9. The number of allylic oxidation sites excluding steroid dienone is 4. The molecule has 0 nitrogen and oxygen atoms in total. The van der Waals surface area contributed by atoms with Gasteiger partial charge in [-0.2, -0.15) is 0 Å². The van der Waals surface area contributed by atoms with Gasteiger partial charge in [0.25, 0.3) is 0 Å². The van der Waals surface area contributed by atoms with Gasteiger partial charge >= 0.3 is 0 Å². The number of hydrogen-bond acceptors (Lipinski definition) is 0. The molecular weight excluding hydrogens is 348 g/mol. The molecule has 0 N–H and O–H groups in total. The summed E-state index contributed by atoms with van der Waals surface area (Å²) in [5.74, 6) is 4.58. The van der Waals surface area contributed by atoms with Crippen LogP contribution in [0.15, 0.2) is 22.8 Å². The predicted molar refractivity (Wildman–Crippen MR) is 127 cm³/mol. The Kier molecular flexibility index (Phi) is 6.14. The lowest BCUT2D eigenvalue weighted by Crippen LogP contribution is -2.44. The molecule has 0 aromatic carbocycles. The lowest BCUT2D eigenvalue weighted by molar-refractivity contribution is 0.0572. The Hall–Kier alpha value is -0.520. The minimum atomic E-state index is 0.470. The fourth-order valence-corrected chi connectivity index (χ4v) is 8.60. The van der Waals surface area contributed by atoms with E-state index < -0.39 is 0 Å². The van der Waals surface area contributed by atoms with Crippen LogP contribution in [0, 0.1) is 40.4 Å². The summed E-state index contributed by atoms with van der Waals surface area (Å²) in [6.45, 7) is 15.1. The Bertz CT molecular complexity index is 664. The average molecular weight is 397 g/mol. The third-order valence-corrected chi connectivity index (χ3v) is 10.3. The molecule has 0 amide bonds. The Morgan fingerprint density at radius 2 is 1.79 bits per heavy atom. The van der Waals surface area contributed by atoms with Crippen LogP contribution in [0.3, 0.4) is 0 Å². The van der Waals surface area contributed by atoms with E-state index in [-0.39, 0.29) is 0 Å². The largest absolute Gasteiger partial charge is 0.0802 e. The van der Waals surface area contributed by atoms with E-state index >= 15 is 0 Å². The number of fused-ring (bicyclic) bond motifs is 4. The van der Waals surface area contributed by atoms with Gasteiger partial charge in [-0.25, -0.2) is 0 Å². The maximum Gasteiger partial charge on any atom is -0.00389 e. The summed E-state index contributed by atoms with van der Waals surface area (Å²) in [5, 5.41) is 0. The van der Waals surface area contributed by atoms with Gasteiger partial charge in [0.2, 0.25) is 0 Å². The Morgan fingerprint density at radius 3 is 2.52 bits per heavy atom. The molecule has 0 saturated heterocycles. The topological polar surface area (TPSA) is 0 Å². The van der Waals surface area contributed by atoms with Crippen molar-refractivity contribution in [2.24, 2.45) is 40.4 Å². The van der Waals surface area contributed by atoms with Crippen molar-refractivity contribution in [1.82, 2.24) is 0 Å². The second kappa shape index (κ2) is 8.20. The lowest BCUT2D eigenvalue weighted by atomic mass is 9.49. The Morgan fingerprint density at radius 1 is 1.00 bits per heavy atom. The van der Waals surface area contributed by atoms with E-state index in [0.717, 1.165) is 29.6 Å². The van der Waals surface area contributed by atoms with Crippen LogP contribution in [0.1, 0.15) is 119 Å². The molecule has 4 rings (SSSR count). The molecule has 0 aliphatic heterocycles. The first-order valence-corrected chi connectivity index (χ1v) is 13.2. The van der Waals surface area contributed by atoms with Gasteiger partial charge in [-0.3, -0.25) is 0 Å². The van der Waals surface area contributed by atoms with E-state index in [1.807, 2.05) is 16.7 Å². The average Bonchev–Trinajstić information content (AvgIpc) is 3.03. The highest BCUT2D eigenvalue weighted by molar-refractivity contribution is 5.49. The highest BCUT2D eigenvalue weighted by Crippen LogP contribution is 2.65. The molecule has 0 bridgehead atoms. The number of rotatable bonds is 6. The molecule has 0 aromatic heterocycles. The quantitative estimate of drug-likeness (QED) is 0.420. The maximum absolute atomic E-state index is 2.72. The van der Waals surface area contributed by atoms with E-state index in [2.05, 4.69) is 47.6 Å². The molecule has 4 aliphatic rings. The van der Waals surface area contributed by atoms with Crippen LogP contribution in [-0.4, -0.2) is 0 Å². The van der Waals surface area contributed by atoms with Crippen LogP contribution in [0.2, 0.25) is 0 Å². The van der Waals surface area contributed by atoms with Gasteiger partial charge in [0, 0.05) is 0 Å². The van der Waals surface area contributed by atoms with Crippen LogP contribution < -0.4 is 0 Å². The van der Waals surface area contributed by atoms with Crippen LogP contribution in [0.5, 0.6) is 0 Å². The van der Waals surface area contributed by atoms with Gasteiger partial charge in [-0.15, -0.1) is 0 Å². The van der Waals surface area contributed by atoms with Crippen LogP contribution in [-0.2, 0) is 0 Å². The van der Waals surface area contributed by atoms with Gasteiger partial charge in [0.05, 0.1) is 0 Å². The normalized spacial score (nSPS) is 40.4. The molecule has 0 heteroatoms. The lowest BCUT2D eigenvalue weighted by Gasteiger charge is -2.55. The monoisotopic (exact) mass is 396 g/mol. The SMILES string of the molecule is CCC1CCC[C@]2(C)C3=C(CCC12)C1=CC[C@H]([C@H](C)CCCC(C)C)[C@@]1(C)CC3. The van der Waals surface area contributed by atoms with Crippen molar-refractivity contribution in [3.05, 3.63) is 22.8 Å². The van der Waals surface area contributed by atoms with Crippen molar-refractivity contribution < 1.29 is 0 Å². The zero-order valence-electron chi connectivity index (χ0n) is 20.4. The van der Waals surface area contributed by atoms with E-state index in [1.54, 1.807) is 0 Å².